The van der Waals surface area contributed by atoms with Crippen molar-refractivity contribution >= 4 is 0 Å². The number of ether oxygens (including phenoxy) is 1. The summed E-state index contributed by atoms with van der Waals surface area (Å²) in [6.45, 7) is 1.64. The molecule has 3 nitrogen and oxygen atoms in total. The molecule has 0 spiro atoms. The highest BCUT2D eigenvalue weighted by atomic mass is 16.5. The van der Waals surface area contributed by atoms with Crippen LogP contribution in [0.4, 0.5) is 0 Å². The number of nitrogens with one attached hydrogen (secondary N) is 1. The Hall–Kier alpha value is -2.28. The maximum atomic E-state index is 8.72. The number of fused-ring (bicyclic) bond motifs is 1. The average Bonchev–Trinajstić information content (AvgIpc) is 2.61. The quantitative estimate of drug-likeness (QED) is 0.853. The van der Waals surface area contributed by atoms with Gasteiger partial charge in [-0.2, -0.15) is 0 Å². The van der Waals surface area contributed by atoms with Crippen molar-refractivity contribution in [2.75, 3.05) is 13.2 Å². The molecule has 0 bridgehead atoms. The Labute approximate surface area is 137 Å². The minimum Gasteiger partial charge on any atom is -0.492 e. The highest BCUT2D eigenvalue weighted by Crippen LogP contribution is 2.23. The van der Waals surface area contributed by atoms with Crippen molar-refractivity contribution in [2.45, 2.75) is 25.4 Å². The van der Waals surface area contributed by atoms with Gasteiger partial charge >= 0.3 is 0 Å². The Morgan fingerprint density at radius 3 is 2.78 bits per heavy atom. The molecule has 2 N–H and O–H groups in total. The van der Waals surface area contributed by atoms with E-state index in [0.717, 1.165) is 24.3 Å². The van der Waals surface area contributed by atoms with Crippen molar-refractivity contribution in [1.82, 2.24) is 5.32 Å². The van der Waals surface area contributed by atoms with Crippen LogP contribution in [0, 0.1) is 11.8 Å². The van der Waals surface area contributed by atoms with Crippen LogP contribution in [-0.2, 0) is 13.0 Å². The van der Waals surface area contributed by atoms with Crippen LogP contribution in [0.2, 0.25) is 0 Å². The Morgan fingerprint density at radius 2 is 1.96 bits per heavy atom. The minimum atomic E-state index is 0.113. The number of aliphatic hydroxyl groups is 1. The van der Waals surface area contributed by atoms with Gasteiger partial charge in [-0.3, -0.25) is 0 Å². The zero-order valence-corrected chi connectivity index (χ0v) is 13.1. The van der Waals surface area contributed by atoms with E-state index >= 15 is 0 Å². The lowest BCUT2D eigenvalue weighted by Crippen LogP contribution is -2.38. The van der Waals surface area contributed by atoms with E-state index in [4.69, 9.17) is 9.84 Å². The van der Waals surface area contributed by atoms with Gasteiger partial charge in [-0.1, -0.05) is 42.2 Å². The molecule has 0 saturated carbocycles. The van der Waals surface area contributed by atoms with Gasteiger partial charge in [-0.25, -0.2) is 0 Å². The van der Waals surface area contributed by atoms with Gasteiger partial charge in [0, 0.05) is 24.6 Å². The van der Waals surface area contributed by atoms with Crippen LogP contribution in [0.15, 0.2) is 48.5 Å². The number of benzene rings is 2. The fourth-order valence-electron chi connectivity index (χ4n) is 2.65. The number of hydrogen-bond donors (Lipinski definition) is 2. The summed E-state index contributed by atoms with van der Waals surface area (Å²) in [6.07, 6.45) is 1.52. The molecule has 2 aromatic carbocycles. The predicted octanol–water partition coefficient (Wildman–Crippen LogP) is 2.51. The van der Waals surface area contributed by atoms with Crippen LogP contribution in [0.1, 0.15) is 23.1 Å². The number of para-hydroxylation sites is 1. The summed E-state index contributed by atoms with van der Waals surface area (Å²) >= 11 is 0. The molecule has 23 heavy (non-hydrogen) atoms. The molecule has 0 radical (unpaired) electrons. The van der Waals surface area contributed by atoms with E-state index in [0.29, 0.717) is 19.1 Å². The first-order valence-electron chi connectivity index (χ1n) is 7.98. The normalized spacial score (nSPS) is 16.0. The molecule has 0 aromatic heterocycles. The zero-order valence-electron chi connectivity index (χ0n) is 13.1. The van der Waals surface area contributed by atoms with Gasteiger partial charge in [-0.15, -0.1) is 0 Å². The van der Waals surface area contributed by atoms with Gasteiger partial charge in [0.15, 0.2) is 0 Å². The van der Waals surface area contributed by atoms with E-state index in [1.54, 1.807) is 0 Å². The van der Waals surface area contributed by atoms with Crippen LogP contribution in [-0.4, -0.2) is 24.4 Å². The second-order valence-corrected chi connectivity index (χ2v) is 5.67. The summed E-state index contributed by atoms with van der Waals surface area (Å²) in [5.74, 6) is 6.98. The summed E-state index contributed by atoms with van der Waals surface area (Å²) in [4.78, 5) is 0. The molecule has 0 fully saturated rings. The number of hydrogen-bond acceptors (Lipinski definition) is 3. The van der Waals surface area contributed by atoms with Crippen molar-refractivity contribution in [3.63, 3.8) is 0 Å². The molecular formula is C20H21NO2. The third-order valence-corrected chi connectivity index (χ3v) is 3.90. The monoisotopic (exact) mass is 307 g/mol. The van der Waals surface area contributed by atoms with E-state index in [2.05, 4.69) is 41.4 Å². The van der Waals surface area contributed by atoms with Crippen LogP contribution >= 0.6 is 0 Å². The molecule has 1 aliphatic heterocycles. The van der Waals surface area contributed by atoms with Crippen molar-refractivity contribution in [3.05, 3.63) is 65.2 Å². The molecular weight excluding hydrogens is 286 g/mol. The van der Waals surface area contributed by atoms with Crippen LogP contribution in [0.5, 0.6) is 5.75 Å². The van der Waals surface area contributed by atoms with Gasteiger partial charge < -0.3 is 15.2 Å². The maximum Gasteiger partial charge on any atom is 0.122 e. The summed E-state index contributed by atoms with van der Waals surface area (Å²) in [6, 6.07) is 16.8. The lowest BCUT2D eigenvalue weighted by atomic mass is 10.0. The van der Waals surface area contributed by atoms with E-state index < -0.39 is 0 Å². The van der Waals surface area contributed by atoms with Gasteiger partial charge in [0.05, 0.1) is 6.61 Å². The van der Waals surface area contributed by atoms with E-state index in [-0.39, 0.29) is 6.61 Å². The average molecular weight is 307 g/mol. The smallest absolute Gasteiger partial charge is 0.122 e. The van der Waals surface area contributed by atoms with Crippen molar-refractivity contribution in [1.29, 1.82) is 0 Å². The molecule has 0 unspecified atom stereocenters. The molecule has 3 heteroatoms. The lowest BCUT2D eigenvalue weighted by Gasteiger charge is -2.26. The molecule has 0 aliphatic carbocycles. The standard InChI is InChI=1S/C20H21NO2/c22-12-4-3-5-16-8-10-17(11-9-16)14-21-19-13-18-6-1-2-7-20(18)23-15-19/h1-2,6-11,19,21-22H,4,12-15H2/t19-/m1/s1. The lowest BCUT2D eigenvalue weighted by molar-refractivity contribution is 0.238. The first kappa shape index (κ1) is 15.6. The second kappa shape index (κ2) is 7.82. The summed E-state index contributed by atoms with van der Waals surface area (Å²) in [7, 11) is 0. The third-order valence-electron chi connectivity index (χ3n) is 3.90. The fraction of sp³-hybridized carbons (Fsp3) is 0.300. The highest BCUT2D eigenvalue weighted by Gasteiger charge is 2.18. The topological polar surface area (TPSA) is 41.5 Å². The van der Waals surface area contributed by atoms with Gasteiger partial charge in [-0.05, 0) is 35.7 Å². The molecule has 0 saturated heterocycles. The maximum absolute atomic E-state index is 8.72. The Bertz CT molecular complexity index is 698. The molecule has 1 heterocycles. The fourth-order valence-corrected chi connectivity index (χ4v) is 2.65. The van der Waals surface area contributed by atoms with Crippen molar-refractivity contribution in [3.8, 4) is 17.6 Å². The summed E-state index contributed by atoms with van der Waals surface area (Å²) in [5, 5.41) is 12.3. The van der Waals surface area contributed by atoms with Crippen molar-refractivity contribution in [2.24, 2.45) is 0 Å². The Balaban J connectivity index is 1.52. The Morgan fingerprint density at radius 1 is 1.13 bits per heavy atom. The summed E-state index contributed by atoms with van der Waals surface area (Å²) < 4.78 is 5.80. The van der Waals surface area contributed by atoms with E-state index in [9.17, 15) is 0 Å². The first-order valence-corrected chi connectivity index (χ1v) is 7.98. The second-order valence-electron chi connectivity index (χ2n) is 5.67. The number of aliphatic hydroxyl groups excluding tert-OH is 1. The molecule has 118 valence electrons. The minimum absolute atomic E-state index is 0.113. The van der Waals surface area contributed by atoms with Gasteiger partial charge in [0.25, 0.3) is 0 Å². The first-order chi connectivity index (χ1) is 11.3. The van der Waals surface area contributed by atoms with Crippen LogP contribution in [0.25, 0.3) is 0 Å². The summed E-state index contributed by atoms with van der Waals surface area (Å²) in [5.41, 5.74) is 3.49. The molecule has 2 aromatic rings. The molecule has 1 aliphatic rings. The predicted molar refractivity (Wildman–Crippen MR) is 91.3 cm³/mol. The third kappa shape index (κ3) is 4.35. The van der Waals surface area contributed by atoms with Crippen LogP contribution < -0.4 is 10.1 Å². The molecule has 3 rings (SSSR count). The van der Waals surface area contributed by atoms with Gasteiger partial charge in [0.1, 0.15) is 12.4 Å². The largest absolute Gasteiger partial charge is 0.492 e. The van der Waals surface area contributed by atoms with Crippen LogP contribution in [0.3, 0.4) is 0 Å². The van der Waals surface area contributed by atoms with Gasteiger partial charge in [0.2, 0.25) is 0 Å². The Kier molecular flexibility index (Phi) is 5.31. The number of rotatable bonds is 4. The molecule has 0 amide bonds. The van der Waals surface area contributed by atoms with E-state index in [1.165, 1.54) is 11.1 Å². The highest BCUT2D eigenvalue weighted by molar-refractivity contribution is 5.37. The van der Waals surface area contributed by atoms with E-state index in [1.807, 2.05) is 24.3 Å². The van der Waals surface area contributed by atoms with Crippen molar-refractivity contribution < 1.29 is 9.84 Å². The SMILES string of the molecule is OCCC#Cc1ccc(CN[C@H]2COc3ccccc3C2)cc1. The molecule has 1 atom stereocenters. The zero-order chi connectivity index (χ0) is 15.9.